The molecular formula is C21H28N2O4S. The Morgan fingerprint density at radius 1 is 1.14 bits per heavy atom. The zero-order valence-electron chi connectivity index (χ0n) is 17.0. The Bertz CT molecular complexity index is 926. The maximum atomic E-state index is 12.8. The molecule has 0 aromatic heterocycles. The number of carbonyl (C=O) groups is 1. The van der Waals surface area contributed by atoms with Crippen LogP contribution in [0.4, 0.5) is 0 Å². The van der Waals surface area contributed by atoms with Crippen molar-refractivity contribution in [2.45, 2.75) is 44.2 Å². The third-order valence-electron chi connectivity index (χ3n) is 4.73. The van der Waals surface area contributed by atoms with Gasteiger partial charge in [0.2, 0.25) is 10.0 Å². The van der Waals surface area contributed by atoms with Crippen LogP contribution in [-0.4, -0.2) is 38.8 Å². The third kappa shape index (κ3) is 4.72. The lowest BCUT2D eigenvalue weighted by molar-refractivity contribution is 0.0935. The molecule has 0 saturated carbocycles. The minimum atomic E-state index is -3.66. The molecule has 0 spiro atoms. The van der Waals surface area contributed by atoms with E-state index in [1.54, 1.807) is 33.1 Å². The summed E-state index contributed by atoms with van der Waals surface area (Å²) in [6.45, 7) is 5.57. The molecule has 1 unspecified atom stereocenters. The van der Waals surface area contributed by atoms with Gasteiger partial charge < -0.3 is 10.1 Å². The zero-order chi connectivity index (χ0) is 20.9. The van der Waals surface area contributed by atoms with Gasteiger partial charge in [-0.25, -0.2) is 8.42 Å². The van der Waals surface area contributed by atoms with Crippen molar-refractivity contribution >= 4 is 15.9 Å². The highest BCUT2D eigenvalue weighted by atomic mass is 32.2. The summed E-state index contributed by atoms with van der Waals surface area (Å²) in [5.74, 6) is 0.367. The highest BCUT2D eigenvalue weighted by molar-refractivity contribution is 7.89. The van der Waals surface area contributed by atoms with Crippen molar-refractivity contribution in [2.24, 2.45) is 0 Å². The van der Waals surface area contributed by atoms with Gasteiger partial charge in [-0.3, -0.25) is 4.79 Å². The van der Waals surface area contributed by atoms with Gasteiger partial charge in [0.15, 0.2) is 0 Å². The molecule has 7 heteroatoms. The second-order valence-electron chi connectivity index (χ2n) is 6.82. The van der Waals surface area contributed by atoms with Gasteiger partial charge in [0.05, 0.1) is 18.0 Å². The summed E-state index contributed by atoms with van der Waals surface area (Å²) in [5.41, 5.74) is 1.18. The van der Waals surface area contributed by atoms with E-state index in [4.69, 9.17) is 4.74 Å². The van der Waals surface area contributed by atoms with Gasteiger partial charge in [0, 0.05) is 24.2 Å². The van der Waals surface area contributed by atoms with E-state index in [1.807, 2.05) is 31.2 Å². The Morgan fingerprint density at radius 2 is 1.82 bits per heavy atom. The fourth-order valence-corrected chi connectivity index (χ4v) is 4.25. The molecule has 0 aliphatic rings. The Labute approximate surface area is 167 Å². The van der Waals surface area contributed by atoms with Crippen LogP contribution in [0.1, 0.15) is 49.2 Å². The number of amides is 1. The van der Waals surface area contributed by atoms with Crippen LogP contribution < -0.4 is 10.1 Å². The van der Waals surface area contributed by atoms with Gasteiger partial charge in [-0.05, 0) is 44.5 Å². The summed E-state index contributed by atoms with van der Waals surface area (Å²) in [7, 11) is -0.538. The van der Waals surface area contributed by atoms with E-state index in [1.165, 1.54) is 23.5 Å². The maximum absolute atomic E-state index is 12.8. The average Bonchev–Trinajstić information content (AvgIpc) is 2.71. The van der Waals surface area contributed by atoms with E-state index in [0.717, 1.165) is 5.56 Å². The fourth-order valence-electron chi connectivity index (χ4n) is 2.84. The SMILES string of the molecule is CCC(NC(=O)c1cccc(S(=O)(=O)N(C)C(C)C)c1)c1ccccc1OC. The van der Waals surface area contributed by atoms with E-state index in [0.29, 0.717) is 17.7 Å². The van der Waals surface area contributed by atoms with Gasteiger partial charge in [0.25, 0.3) is 5.91 Å². The predicted molar refractivity (Wildman–Crippen MR) is 110 cm³/mol. The summed E-state index contributed by atoms with van der Waals surface area (Å²) < 4.78 is 32.1. The molecule has 0 aliphatic heterocycles. The first-order valence-electron chi connectivity index (χ1n) is 9.24. The number of nitrogens with zero attached hydrogens (tertiary/aromatic N) is 1. The molecule has 0 aliphatic carbocycles. The van der Waals surface area contributed by atoms with E-state index < -0.39 is 10.0 Å². The number of nitrogens with one attached hydrogen (secondary N) is 1. The first-order valence-corrected chi connectivity index (χ1v) is 10.7. The molecule has 6 nitrogen and oxygen atoms in total. The molecule has 2 aromatic carbocycles. The fraction of sp³-hybridized carbons (Fsp3) is 0.381. The molecule has 152 valence electrons. The highest BCUT2D eigenvalue weighted by Crippen LogP contribution is 2.27. The van der Waals surface area contributed by atoms with Crippen LogP contribution in [0.3, 0.4) is 0 Å². The lowest BCUT2D eigenvalue weighted by Crippen LogP contribution is -2.33. The number of hydrogen-bond acceptors (Lipinski definition) is 4. The Balaban J connectivity index is 2.30. The number of benzene rings is 2. The van der Waals surface area contributed by atoms with Crippen molar-refractivity contribution in [3.05, 3.63) is 59.7 Å². The number of methoxy groups -OCH3 is 1. The van der Waals surface area contributed by atoms with Gasteiger partial charge in [-0.2, -0.15) is 4.31 Å². The number of sulfonamides is 1. The molecule has 0 heterocycles. The van der Waals surface area contributed by atoms with Crippen LogP contribution in [-0.2, 0) is 10.0 Å². The molecule has 1 amide bonds. The van der Waals surface area contributed by atoms with Crippen molar-refractivity contribution in [1.82, 2.24) is 9.62 Å². The second-order valence-corrected chi connectivity index (χ2v) is 8.82. The molecule has 28 heavy (non-hydrogen) atoms. The molecule has 2 aromatic rings. The first-order chi connectivity index (χ1) is 13.2. The number of hydrogen-bond donors (Lipinski definition) is 1. The molecule has 0 bridgehead atoms. The van der Waals surface area contributed by atoms with Crippen LogP contribution in [0.2, 0.25) is 0 Å². The summed E-state index contributed by atoms with van der Waals surface area (Å²) >= 11 is 0. The van der Waals surface area contributed by atoms with Crippen molar-refractivity contribution in [3.8, 4) is 5.75 Å². The molecule has 0 radical (unpaired) electrons. The summed E-state index contributed by atoms with van der Waals surface area (Å²) in [4.78, 5) is 12.9. The van der Waals surface area contributed by atoms with E-state index in [-0.39, 0.29) is 22.9 Å². The zero-order valence-corrected chi connectivity index (χ0v) is 17.8. The first kappa shape index (κ1) is 21.9. The molecular weight excluding hydrogens is 376 g/mol. The van der Waals surface area contributed by atoms with Crippen molar-refractivity contribution in [3.63, 3.8) is 0 Å². The second kappa shape index (κ2) is 9.21. The number of carbonyl (C=O) groups excluding carboxylic acids is 1. The lowest BCUT2D eigenvalue weighted by atomic mass is 10.0. The number of ether oxygens (including phenoxy) is 1. The normalized spacial score (nSPS) is 12.8. The van der Waals surface area contributed by atoms with Crippen LogP contribution >= 0.6 is 0 Å². The minimum absolute atomic E-state index is 0.0988. The van der Waals surface area contributed by atoms with Crippen molar-refractivity contribution in [2.75, 3.05) is 14.2 Å². The molecule has 1 N–H and O–H groups in total. The number of para-hydroxylation sites is 1. The highest BCUT2D eigenvalue weighted by Gasteiger charge is 2.24. The standard InChI is InChI=1S/C21H28N2O4S/c1-6-19(18-12-7-8-13-20(18)27-5)22-21(24)16-10-9-11-17(14-16)28(25,26)23(4)15(2)3/h7-15,19H,6H2,1-5H3,(H,22,24). The topological polar surface area (TPSA) is 75.7 Å². The smallest absolute Gasteiger partial charge is 0.251 e. The Kier molecular flexibility index (Phi) is 7.21. The number of rotatable bonds is 8. The van der Waals surface area contributed by atoms with E-state index in [9.17, 15) is 13.2 Å². The third-order valence-corrected chi connectivity index (χ3v) is 6.76. The molecule has 0 fully saturated rings. The van der Waals surface area contributed by atoms with Gasteiger partial charge in [-0.1, -0.05) is 31.2 Å². The summed E-state index contributed by atoms with van der Waals surface area (Å²) in [5, 5.41) is 2.98. The van der Waals surface area contributed by atoms with Crippen molar-refractivity contribution < 1.29 is 17.9 Å². The minimum Gasteiger partial charge on any atom is -0.496 e. The van der Waals surface area contributed by atoms with Crippen LogP contribution in [0.5, 0.6) is 5.75 Å². The molecule has 2 rings (SSSR count). The van der Waals surface area contributed by atoms with Crippen LogP contribution in [0.25, 0.3) is 0 Å². The monoisotopic (exact) mass is 404 g/mol. The largest absolute Gasteiger partial charge is 0.496 e. The van der Waals surface area contributed by atoms with E-state index >= 15 is 0 Å². The average molecular weight is 405 g/mol. The van der Waals surface area contributed by atoms with E-state index in [2.05, 4.69) is 5.32 Å². The van der Waals surface area contributed by atoms with Crippen LogP contribution in [0.15, 0.2) is 53.4 Å². The maximum Gasteiger partial charge on any atom is 0.251 e. The molecule has 0 saturated heterocycles. The summed E-state index contributed by atoms with van der Waals surface area (Å²) in [6.07, 6.45) is 0.667. The van der Waals surface area contributed by atoms with Crippen LogP contribution in [0, 0.1) is 0 Å². The molecule has 1 atom stereocenters. The Hall–Kier alpha value is -2.38. The Morgan fingerprint density at radius 3 is 2.43 bits per heavy atom. The predicted octanol–water partition coefficient (Wildman–Crippen LogP) is 3.61. The van der Waals surface area contributed by atoms with Gasteiger partial charge >= 0.3 is 0 Å². The lowest BCUT2D eigenvalue weighted by Gasteiger charge is -2.22. The van der Waals surface area contributed by atoms with Gasteiger partial charge in [-0.15, -0.1) is 0 Å². The summed E-state index contributed by atoms with van der Waals surface area (Å²) in [6, 6.07) is 13.2. The van der Waals surface area contributed by atoms with Crippen molar-refractivity contribution in [1.29, 1.82) is 0 Å². The quantitative estimate of drug-likeness (QED) is 0.729. The van der Waals surface area contributed by atoms with Gasteiger partial charge in [0.1, 0.15) is 5.75 Å².